The van der Waals surface area contributed by atoms with Crippen molar-refractivity contribution in [1.82, 2.24) is 14.9 Å². The van der Waals surface area contributed by atoms with Crippen LogP contribution in [-0.2, 0) is 17.8 Å². The van der Waals surface area contributed by atoms with Crippen molar-refractivity contribution in [1.29, 1.82) is 0 Å². The van der Waals surface area contributed by atoms with Gasteiger partial charge in [-0.25, -0.2) is 4.98 Å². The molecular weight excluding hydrogens is 433 g/mol. The van der Waals surface area contributed by atoms with Crippen LogP contribution in [0.3, 0.4) is 0 Å². The highest BCUT2D eigenvalue weighted by molar-refractivity contribution is 6.35. The van der Waals surface area contributed by atoms with Gasteiger partial charge < -0.3 is 14.6 Å². The van der Waals surface area contributed by atoms with Crippen molar-refractivity contribution in [2.75, 3.05) is 13.2 Å². The number of carbonyl (C=O) groups excluding carboxylic acids is 1. The van der Waals surface area contributed by atoms with Gasteiger partial charge in [0.15, 0.2) is 6.61 Å². The van der Waals surface area contributed by atoms with Gasteiger partial charge in [0.05, 0.1) is 17.6 Å². The molecule has 5 nitrogen and oxygen atoms in total. The first-order valence-corrected chi connectivity index (χ1v) is 10.7. The number of aromatic nitrogens is 2. The van der Waals surface area contributed by atoms with Gasteiger partial charge in [0, 0.05) is 23.0 Å². The van der Waals surface area contributed by atoms with Crippen LogP contribution in [0.25, 0.3) is 11.0 Å². The van der Waals surface area contributed by atoms with Crippen LogP contribution in [0.1, 0.15) is 11.4 Å². The number of ether oxygens (including phenoxy) is 1. The topological polar surface area (TPSA) is 56.1 Å². The molecule has 0 fully saturated rings. The highest BCUT2D eigenvalue weighted by Crippen LogP contribution is 2.24. The molecule has 0 aliphatic heterocycles. The summed E-state index contributed by atoms with van der Waals surface area (Å²) in [7, 11) is 0. The van der Waals surface area contributed by atoms with Crippen LogP contribution in [0, 0.1) is 0 Å². The predicted octanol–water partition coefficient (Wildman–Crippen LogP) is 5.13. The Morgan fingerprint density at radius 2 is 1.77 bits per heavy atom. The Balaban J connectivity index is 1.43. The molecule has 4 rings (SSSR count). The normalized spacial score (nSPS) is 10.9. The number of nitrogens with zero attached hydrogens (tertiary/aromatic N) is 2. The molecule has 0 aliphatic carbocycles. The monoisotopic (exact) mass is 453 g/mol. The number of benzene rings is 3. The van der Waals surface area contributed by atoms with Crippen molar-refractivity contribution in [3.05, 3.63) is 94.2 Å². The number of hydrogen-bond acceptors (Lipinski definition) is 3. The molecule has 1 aromatic heterocycles. The third kappa shape index (κ3) is 5.37. The van der Waals surface area contributed by atoms with E-state index in [9.17, 15) is 4.79 Å². The lowest BCUT2D eigenvalue weighted by molar-refractivity contribution is -0.123. The Morgan fingerprint density at radius 3 is 2.58 bits per heavy atom. The molecule has 31 heavy (non-hydrogen) atoms. The summed E-state index contributed by atoms with van der Waals surface area (Å²) in [6.45, 7) is 0.992. The van der Waals surface area contributed by atoms with Gasteiger partial charge >= 0.3 is 0 Å². The standard InChI is InChI=1S/C24H21Cl2N3O2/c25-18-11-10-17(20(26)14-18)15-29-22-9-5-4-8-21(22)28-23(29)12-13-27-24(30)16-31-19-6-2-1-3-7-19/h1-11,14H,12-13,15-16H2,(H,27,30). The quantitative estimate of drug-likeness (QED) is 0.402. The molecule has 1 N–H and O–H groups in total. The summed E-state index contributed by atoms with van der Waals surface area (Å²) in [5, 5.41) is 4.11. The van der Waals surface area contributed by atoms with Crippen molar-refractivity contribution < 1.29 is 9.53 Å². The second kappa shape index (κ2) is 9.86. The van der Waals surface area contributed by atoms with Gasteiger partial charge in [0.25, 0.3) is 5.91 Å². The van der Waals surface area contributed by atoms with Gasteiger partial charge in [0.1, 0.15) is 11.6 Å². The molecule has 0 saturated carbocycles. The molecule has 3 aromatic carbocycles. The average molecular weight is 454 g/mol. The Morgan fingerprint density at radius 1 is 1.00 bits per heavy atom. The number of imidazole rings is 1. The number of nitrogens with one attached hydrogen (secondary N) is 1. The smallest absolute Gasteiger partial charge is 0.257 e. The molecule has 4 aromatic rings. The van der Waals surface area contributed by atoms with Crippen LogP contribution in [0.15, 0.2) is 72.8 Å². The second-order valence-electron chi connectivity index (χ2n) is 7.04. The molecule has 158 valence electrons. The molecular formula is C24H21Cl2N3O2. The predicted molar refractivity (Wildman–Crippen MR) is 124 cm³/mol. The zero-order valence-electron chi connectivity index (χ0n) is 16.7. The van der Waals surface area contributed by atoms with Crippen LogP contribution in [0.5, 0.6) is 5.75 Å². The molecule has 0 bridgehead atoms. The lowest BCUT2D eigenvalue weighted by atomic mass is 10.2. The Labute approximate surface area is 190 Å². The number of carbonyl (C=O) groups is 1. The third-order valence-corrected chi connectivity index (χ3v) is 5.45. The molecule has 0 atom stereocenters. The van der Waals surface area contributed by atoms with Crippen molar-refractivity contribution in [2.45, 2.75) is 13.0 Å². The van der Waals surface area contributed by atoms with Crippen LogP contribution in [-0.4, -0.2) is 28.6 Å². The maximum absolute atomic E-state index is 12.1. The van der Waals surface area contributed by atoms with E-state index in [1.807, 2.05) is 66.7 Å². The SMILES string of the molecule is O=C(COc1ccccc1)NCCc1nc2ccccc2n1Cc1ccc(Cl)cc1Cl. The Kier molecular flexibility index (Phi) is 6.75. The van der Waals surface area contributed by atoms with Gasteiger partial charge in [-0.15, -0.1) is 0 Å². The molecule has 0 radical (unpaired) electrons. The molecule has 7 heteroatoms. The molecule has 0 aliphatic rings. The van der Waals surface area contributed by atoms with E-state index in [4.69, 9.17) is 32.9 Å². The van der Waals surface area contributed by atoms with Gasteiger partial charge in [-0.2, -0.15) is 0 Å². The van der Waals surface area contributed by atoms with Crippen molar-refractivity contribution in [3.8, 4) is 5.75 Å². The molecule has 1 heterocycles. The Bertz CT molecular complexity index is 1190. The van der Waals surface area contributed by atoms with E-state index in [0.29, 0.717) is 35.3 Å². The highest BCUT2D eigenvalue weighted by Gasteiger charge is 2.13. The largest absolute Gasteiger partial charge is 0.484 e. The van der Waals surface area contributed by atoms with Gasteiger partial charge in [0.2, 0.25) is 0 Å². The van der Waals surface area contributed by atoms with Crippen molar-refractivity contribution in [2.24, 2.45) is 0 Å². The zero-order valence-corrected chi connectivity index (χ0v) is 18.2. The highest BCUT2D eigenvalue weighted by atomic mass is 35.5. The lowest BCUT2D eigenvalue weighted by Gasteiger charge is -2.12. The first-order chi connectivity index (χ1) is 15.1. The maximum atomic E-state index is 12.1. The van der Waals surface area contributed by atoms with Crippen LogP contribution >= 0.6 is 23.2 Å². The van der Waals surface area contributed by atoms with Crippen molar-refractivity contribution >= 4 is 40.1 Å². The summed E-state index contributed by atoms with van der Waals surface area (Å²) in [6.07, 6.45) is 0.580. The van der Waals surface area contributed by atoms with E-state index >= 15 is 0 Å². The fourth-order valence-electron chi connectivity index (χ4n) is 3.34. The summed E-state index contributed by atoms with van der Waals surface area (Å²) < 4.78 is 7.61. The maximum Gasteiger partial charge on any atom is 0.257 e. The average Bonchev–Trinajstić information content (AvgIpc) is 3.12. The van der Waals surface area contributed by atoms with E-state index in [0.717, 1.165) is 22.4 Å². The number of hydrogen-bond donors (Lipinski definition) is 1. The Hall–Kier alpha value is -3.02. The van der Waals surface area contributed by atoms with Gasteiger partial charge in [-0.3, -0.25) is 4.79 Å². The fourth-order valence-corrected chi connectivity index (χ4v) is 3.81. The summed E-state index contributed by atoms with van der Waals surface area (Å²) in [5.41, 5.74) is 2.87. The van der Waals surface area contributed by atoms with E-state index in [-0.39, 0.29) is 12.5 Å². The summed E-state index contributed by atoms with van der Waals surface area (Å²) >= 11 is 12.4. The first-order valence-electron chi connectivity index (χ1n) is 9.93. The number of para-hydroxylation sites is 3. The van der Waals surface area contributed by atoms with E-state index in [1.54, 1.807) is 6.07 Å². The molecule has 0 saturated heterocycles. The summed E-state index contributed by atoms with van der Waals surface area (Å²) in [6, 6.07) is 22.7. The second-order valence-corrected chi connectivity index (χ2v) is 7.88. The minimum absolute atomic E-state index is 0.0270. The van der Waals surface area contributed by atoms with Crippen LogP contribution in [0.2, 0.25) is 10.0 Å². The van der Waals surface area contributed by atoms with Crippen LogP contribution in [0.4, 0.5) is 0 Å². The number of amides is 1. The van der Waals surface area contributed by atoms with E-state index in [1.165, 1.54) is 0 Å². The fraction of sp³-hybridized carbons (Fsp3) is 0.167. The first kappa shape index (κ1) is 21.2. The molecule has 1 amide bonds. The lowest BCUT2D eigenvalue weighted by Crippen LogP contribution is -2.31. The van der Waals surface area contributed by atoms with E-state index in [2.05, 4.69) is 9.88 Å². The zero-order chi connectivity index (χ0) is 21.6. The van der Waals surface area contributed by atoms with E-state index < -0.39 is 0 Å². The summed E-state index contributed by atoms with van der Waals surface area (Å²) in [5.74, 6) is 1.36. The number of halogens is 2. The van der Waals surface area contributed by atoms with Crippen LogP contribution < -0.4 is 10.1 Å². The molecule has 0 unspecified atom stereocenters. The van der Waals surface area contributed by atoms with Crippen molar-refractivity contribution in [3.63, 3.8) is 0 Å². The molecule has 0 spiro atoms. The number of rotatable bonds is 8. The minimum Gasteiger partial charge on any atom is -0.484 e. The van der Waals surface area contributed by atoms with Gasteiger partial charge in [-0.05, 0) is 42.0 Å². The minimum atomic E-state index is -0.174. The van der Waals surface area contributed by atoms with Gasteiger partial charge in [-0.1, -0.05) is 59.6 Å². The number of fused-ring (bicyclic) bond motifs is 1. The summed E-state index contributed by atoms with van der Waals surface area (Å²) in [4.78, 5) is 16.9. The third-order valence-electron chi connectivity index (χ3n) is 4.86.